The second kappa shape index (κ2) is 7.27. The maximum atomic E-state index is 12.2. The van der Waals surface area contributed by atoms with E-state index in [9.17, 15) is 4.79 Å². The van der Waals surface area contributed by atoms with Crippen molar-refractivity contribution in [3.8, 4) is 5.75 Å². The summed E-state index contributed by atoms with van der Waals surface area (Å²) in [5, 5.41) is 3.17. The van der Waals surface area contributed by atoms with Crippen molar-refractivity contribution in [1.82, 2.24) is 0 Å². The minimum Gasteiger partial charge on any atom is -0.497 e. The molecule has 114 valence electrons. The molecule has 0 saturated heterocycles. The highest BCUT2D eigenvalue weighted by Crippen LogP contribution is 2.22. The molecule has 2 rings (SSSR count). The Balaban J connectivity index is 1.98. The summed E-state index contributed by atoms with van der Waals surface area (Å²) in [4.78, 5) is 12.2. The van der Waals surface area contributed by atoms with Crippen LogP contribution >= 0.6 is 15.9 Å². The third-order valence-electron chi connectivity index (χ3n) is 3.26. The van der Waals surface area contributed by atoms with Gasteiger partial charge in [0.1, 0.15) is 5.75 Å². The SMILES string of the molecule is C=C(CC(=O)c1ccc(OC)cc1)Nc1ccc(Br)c(C)c1. The molecule has 2 aromatic rings. The summed E-state index contributed by atoms with van der Waals surface area (Å²) in [7, 11) is 1.60. The summed E-state index contributed by atoms with van der Waals surface area (Å²) in [5.41, 5.74) is 3.37. The van der Waals surface area contributed by atoms with Crippen LogP contribution in [0.4, 0.5) is 5.69 Å². The largest absolute Gasteiger partial charge is 0.497 e. The molecule has 0 aliphatic heterocycles. The monoisotopic (exact) mass is 359 g/mol. The lowest BCUT2D eigenvalue weighted by atomic mass is 10.1. The number of allylic oxidation sites excluding steroid dienone is 1. The van der Waals surface area contributed by atoms with E-state index in [4.69, 9.17) is 4.74 Å². The zero-order chi connectivity index (χ0) is 16.1. The molecule has 1 N–H and O–H groups in total. The molecule has 22 heavy (non-hydrogen) atoms. The Labute approximate surface area is 139 Å². The predicted octanol–water partition coefficient (Wildman–Crippen LogP) is 4.96. The number of ketones is 1. The number of hydrogen-bond donors (Lipinski definition) is 1. The summed E-state index contributed by atoms with van der Waals surface area (Å²) in [5.74, 6) is 0.757. The number of rotatable bonds is 6. The number of halogens is 1. The highest BCUT2D eigenvalue weighted by molar-refractivity contribution is 9.10. The molecule has 2 aromatic carbocycles. The zero-order valence-electron chi connectivity index (χ0n) is 12.7. The lowest BCUT2D eigenvalue weighted by Crippen LogP contribution is -2.06. The summed E-state index contributed by atoms with van der Waals surface area (Å²) in [6.07, 6.45) is 0.251. The van der Waals surface area contributed by atoms with E-state index in [0.717, 1.165) is 21.5 Å². The molecule has 0 saturated carbocycles. The number of carbonyl (C=O) groups excluding carboxylic acids is 1. The van der Waals surface area contributed by atoms with Gasteiger partial charge < -0.3 is 10.1 Å². The first-order valence-corrected chi connectivity index (χ1v) is 7.67. The Kier molecular flexibility index (Phi) is 5.39. The smallest absolute Gasteiger partial charge is 0.168 e. The van der Waals surface area contributed by atoms with Gasteiger partial charge in [-0.05, 0) is 55.0 Å². The Morgan fingerprint density at radius 1 is 1.23 bits per heavy atom. The zero-order valence-corrected chi connectivity index (χ0v) is 14.2. The van der Waals surface area contributed by atoms with Gasteiger partial charge in [0.25, 0.3) is 0 Å². The number of benzene rings is 2. The maximum absolute atomic E-state index is 12.2. The fraction of sp³-hybridized carbons (Fsp3) is 0.167. The summed E-state index contributed by atoms with van der Waals surface area (Å²) < 4.78 is 6.14. The van der Waals surface area contributed by atoms with Crippen LogP contribution in [-0.2, 0) is 0 Å². The van der Waals surface area contributed by atoms with Crippen molar-refractivity contribution in [3.05, 3.63) is 70.3 Å². The summed E-state index contributed by atoms with van der Waals surface area (Å²) in [6, 6.07) is 13.0. The fourth-order valence-corrected chi connectivity index (χ4v) is 2.29. The summed E-state index contributed by atoms with van der Waals surface area (Å²) in [6.45, 7) is 5.95. The third kappa shape index (κ3) is 4.21. The molecule has 0 atom stereocenters. The van der Waals surface area contributed by atoms with E-state index in [1.54, 1.807) is 31.4 Å². The van der Waals surface area contributed by atoms with Crippen molar-refractivity contribution in [2.75, 3.05) is 12.4 Å². The molecule has 0 amide bonds. The van der Waals surface area contributed by atoms with Gasteiger partial charge in [0.15, 0.2) is 5.78 Å². The maximum Gasteiger partial charge on any atom is 0.168 e. The quantitative estimate of drug-likeness (QED) is 0.740. The van der Waals surface area contributed by atoms with E-state index >= 15 is 0 Å². The second-order valence-electron chi connectivity index (χ2n) is 5.02. The molecular formula is C18H18BrNO2. The van der Waals surface area contributed by atoms with Crippen LogP contribution in [-0.4, -0.2) is 12.9 Å². The topological polar surface area (TPSA) is 38.3 Å². The van der Waals surface area contributed by atoms with Gasteiger partial charge in [-0.3, -0.25) is 4.79 Å². The molecule has 0 heterocycles. The minimum absolute atomic E-state index is 0.0222. The highest BCUT2D eigenvalue weighted by Gasteiger charge is 2.08. The Morgan fingerprint density at radius 3 is 2.50 bits per heavy atom. The average molecular weight is 360 g/mol. The van der Waals surface area contributed by atoms with Gasteiger partial charge in [-0.1, -0.05) is 22.5 Å². The van der Waals surface area contributed by atoms with Gasteiger partial charge in [0.05, 0.1) is 13.5 Å². The van der Waals surface area contributed by atoms with Crippen LogP contribution in [0.3, 0.4) is 0 Å². The van der Waals surface area contributed by atoms with Crippen LogP contribution in [0.25, 0.3) is 0 Å². The fourth-order valence-electron chi connectivity index (χ4n) is 2.04. The van der Waals surface area contributed by atoms with Crippen molar-refractivity contribution in [2.24, 2.45) is 0 Å². The standard InChI is InChI=1S/C18H18BrNO2/c1-12-10-15(6-9-17(12)19)20-13(2)11-18(21)14-4-7-16(22-3)8-5-14/h4-10,20H,2,11H2,1,3H3. The molecule has 0 unspecified atom stereocenters. The Hall–Kier alpha value is -2.07. The van der Waals surface area contributed by atoms with E-state index in [2.05, 4.69) is 27.8 Å². The molecule has 0 aromatic heterocycles. The molecule has 0 radical (unpaired) electrons. The van der Waals surface area contributed by atoms with Crippen LogP contribution < -0.4 is 10.1 Å². The Bertz CT molecular complexity index is 693. The molecule has 0 bridgehead atoms. The number of nitrogens with one attached hydrogen (secondary N) is 1. The van der Waals surface area contributed by atoms with E-state index in [-0.39, 0.29) is 12.2 Å². The molecule has 4 heteroatoms. The predicted molar refractivity (Wildman–Crippen MR) is 93.6 cm³/mol. The van der Waals surface area contributed by atoms with Gasteiger partial charge in [-0.25, -0.2) is 0 Å². The average Bonchev–Trinajstić information content (AvgIpc) is 2.51. The van der Waals surface area contributed by atoms with Crippen molar-refractivity contribution < 1.29 is 9.53 Å². The number of aryl methyl sites for hydroxylation is 1. The summed E-state index contributed by atoms with van der Waals surface area (Å²) >= 11 is 3.46. The van der Waals surface area contributed by atoms with Crippen molar-refractivity contribution in [3.63, 3.8) is 0 Å². The first-order chi connectivity index (χ1) is 10.5. The van der Waals surface area contributed by atoms with Crippen LogP contribution in [0, 0.1) is 6.92 Å². The lowest BCUT2D eigenvalue weighted by molar-refractivity contribution is 0.0993. The number of hydrogen-bond acceptors (Lipinski definition) is 3. The van der Waals surface area contributed by atoms with Crippen LogP contribution in [0.5, 0.6) is 5.75 Å². The first-order valence-electron chi connectivity index (χ1n) is 6.88. The third-order valence-corrected chi connectivity index (χ3v) is 4.15. The number of anilines is 1. The lowest BCUT2D eigenvalue weighted by Gasteiger charge is -2.11. The molecule has 3 nitrogen and oxygen atoms in total. The van der Waals surface area contributed by atoms with Gasteiger partial charge in [0, 0.05) is 21.4 Å². The van der Waals surface area contributed by atoms with Gasteiger partial charge >= 0.3 is 0 Å². The number of methoxy groups -OCH3 is 1. The van der Waals surface area contributed by atoms with E-state index in [1.807, 2.05) is 25.1 Å². The molecular weight excluding hydrogens is 342 g/mol. The van der Waals surface area contributed by atoms with E-state index in [1.165, 1.54) is 0 Å². The van der Waals surface area contributed by atoms with Crippen LogP contribution in [0.15, 0.2) is 59.2 Å². The normalized spacial score (nSPS) is 10.1. The molecule has 0 fully saturated rings. The Morgan fingerprint density at radius 2 is 1.91 bits per heavy atom. The first kappa shape index (κ1) is 16.3. The van der Waals surface area contributed by atoms with Gasteiger partial charge in [-0.15, -0.1) is 0 Å². The van der Waals surface area contributed by atoms with Crippen LogP contribution in [0.1, 0.15) is 22.3 Å². The van der Waals surface area contributed by atoms with Crippen molar-refractivity contribution >= 4 is 27.4 Å². The molecule has 0 aliphatic rings. The van der Waals surface area contributed by atoms with Gasteiger partial charge in [-0.2, -0.15) is 0 Å². The van der Waals surface area contributed by atoms with E-state index in [0.29, 0.717) is 11.3 Å². The van der Waals surface area contributed by atoms with Crippen molar-refractivity contribution in [2.45, 2.75) is 13.3 Å². The van der Waals surface area contributed by atoms with Crippen LogP contribution in [0.2, 0.25) is 0 Å². The van der Waals surface area contributed by atoms with Gasteiger partial charge in [0.2, 0.25) is 0 Å². The number of ether oxygens (including phenoxy) is 1. The molecule has 0 spiro atoms. The van der Waals surface area contributed by atoms with Crippen molar-refractivity contribution in [1.29, 1.82) is 0 Å². The molecule has 0 aliphatic carbocycles. The number of carbonyl (C=O) groups is 1. The van der Waals surface area contributed by atoms with E-state index < -0.39 is 0 Å². The number of Topliss-reactive ketones (excluding diaryl/α,β-unsaturated/α-hetero) is 1. The second-order valence-corrected chi connectivity index (χ2v) is 5.88. The minimum atomic E-state index is 0.0222. The highest BCUT2D eigenvalue weighted by atomic mass is 79.9.